The minimum atomic E-state index is 0.0758. The van der Waals surface area contributed by atoms with Crippen LogP contribution in [0.25, 0.3) is 0 Å². The highest BCUT2D eigenvalue weighted by Gasteiger charge is 2.15. The number of carbonyl (C=O) groups excluding carboxylic acids is 1. The van der Waals surface area contributed by atoms with Gasteiger partial charge in [0.1, 0.15) is 6.61 Å². The third-order valence-electron chi connectivity index (χ3n) is 1.41. The Bertz CT molecular complexity index is 116. The lowest BCUT2D eigenvalue weighted by Crippen LogP contribution is -2.16. The second-order valence-electron chi connectivity index (χ2n) is 2.50. The summed E-state index contributed by atoms with van der Waals surface area (Å²) in [6.07, 6.45) is 1.08. The quantitative estimate of drug-likeness (QED) is 0.574. The maximum absolute atomic E-state index is 10.4. The number of carbonyl (C=O) groups is 1. The second-order valence-corrected chi connectivity index (χ2v) is 2.50. The molecule has 0 aliphatic carbocycles. The van der Waals surface area contributed by atoms with Gasteiger partial charge in [-0.1, -0.05) is 0 Å². The number of hydrogen-bond acceptors (Lipinski definition) is 3. The van der Waals surface area contributed by atoms with Gasteiger partial charge in [0.15, 0.2) is 5.78 Å². The molecule has 0 amide bonds. The summed E-state index contributed by atoms with van der Waals surface area (Å²) in [6, 6.07) is 0. The SMILES string of the molecule is CC(=O)COC1CCOC1. The molecule has 1 aliphatic rings. The van der Waals surface area contributed by atoms with Crippen LogP contribution in [0.4, 0.5) is 0 Å². The van der Waals surface area contributed by atoms with Crippen molar-refractivity contribution in [2.75, 3.05) is 19.8 Å². The monoisotopic (exact) mass is 144 g/mol. The van der Waals surface area contributed by atoms with Crippen molar-refractivity contribution in [1.29, 1.82) is 0 Å². The summed E-state index contributed by atoms with van der Waals surface area (Å²) >= 11 is 0. The van der Waals surface area contributed by atoms with E-state index in [1.807, 2.05) is 0 Å². The Labute approximate surface area is 60.3 Å². The van der Waals surface area contributed by atoms with E-state index in [4.69, 9.17) is 9.47 Å². The van der Waals surface area contributed by atoms with Gasteiger partial charge < -0.3 is 9.47 Å². The van der Waals surface area contributed by atoms with Gasteiger partial charge in [0, 0.05) is 6.61 Å². The van der Waals surface area contributed by atoms with Crippen molar-refractivity contribution in [2.45, 2.75) is 19.4 Å². The molecule has 1 fully saturated rings. The van der Waals surface area contributed by atoms with Gasteiger partial charge in [-0.3, -0.25) is 4.79 Å². The highest BCUT2D eigenvalue weighted by atomic mass is 16.5. The maximum atomic E-state index is 10.4. The van der Waals surface area contributed by atoms with E-state index in [-0.39, 0.29) is 18.5 Å². The molecule has 0 saturated carbocycles. The van der Waals surface area contributed by atoms with Gasteiger partial charge in [0.05, 0.1) is 12.7 Å². The summed E-state index contributed by atoms with van der Waals surface area (Å²) in [7, 11) is 0. The van der Waals surface area contributed by atoms with E-state index in [1.54, 1.807) is 0 Å². The highest BCUT2D eigenvalue weighted by molar-refractivity contribution is 5.76. The van der Waals surface area contributed by atoms with Gasteiger partial charge in [-0.2, -0.15) is 0 Å². The number of ketones is 1. The first-order valence-electron chi connectivity index (χ1n) is 3.48. The lowest BCUT2D eigenvalue weighted by Gasteiger charge is -2.06. The molecule has 0 N–H and O–H groups in total. The normalized spacial score (nSPS) is 25.1. The number of Topliss-reactive ketones (excluding diaryl/α,β-unsaturated/α-hetero) is 1. The lowest BCUT2D eigenvalue weighted by atomic mass is 10.3. The van der Waals surface area contributed by atoms with Crippen LogP contribution in [0.1, 0.15) is 13.3 Å². The zero-order chi connectivity index (χ0) is 7.40. The summed E-state index contributed by atoms with van der Waals surface area (Å²) in [6.45, 7) is 3.17. The average Bonchev–Trinajstić information content (AvgIpc) is 2.34. The van der Waals surface area contributed by atoms with Crippen LogP contribution in [0.5, 0.6) is 0 Å². The van der Waals surface area contributed by atoms with Crippen molar-refractivity contribution in [3.05, 3.63) is 0 Å². The van der Waals surface area contributed by atoms with Gasteiger partial charge in [-0.25, -0.2) is 0 Å². The van der Waals surface area contributed by atoms with E-state index in [0.717, 1.165) is 13.0 Å². The molecule has 1 unspecified atom stereocenters. The predicted molar refractivity (Wildman–Crippen MR) is 35.9 cm³/mol. The smallest absolute Gasteiger partial charge is 0.155 e. The molecule has 1 rings (SSSR count). The van der Waals surface area contributed by atoms with Crippen LogP contribution in [0.2, 0.25) is 0 Å². The molecule has 0 aromatic carbocycles. The van der Waals surface area contributed by atoms with Gasteiger partial charge in [-0.15, -0.1) is 0 Å². The molecule has 1 heterocycles. The third-order valence-corrected chi connectivity index (χ3v) is 1.41. The predicted octanol–water partition coefficient (Wildman–Crippen LogP) is 0.381. The molecular formula is C7H12O3. The third kappa shape index (κ3) is 2.45. The van der Waals surface area contributed by atoms with Gasteiger partial charge in [0.2, 0.25) is 0 Å². The first kappa shape index (κ1) is 7.69. The van der Waals surface area contributed by atoms with Crippen molar-refractivity contribution in [3.8, 4) is 0 Å². The largest absolute Gasteiger partial charge is 0.379 e. The van der Waals surface area contributed by atoms with Crippen molar-refractivity contribution >= 4 is 5.78 Å². The van der Waals surface area contributed by atoms with Crippen molar-refractivity contribution in [2.24, 2.45) is 0 Å². The van der Waals surface area contributed by atoms with Crippen LogP contribution in [-0.4, -0.2) is 31.7 Å². The van der Waals surface area contributed by atoms with Crippen LogP contribution < -0.4 is 0 Å². The molecule has 0 aromatic heterocycles. The minimum absolute atomic E-state index is 0.0758. The van der Waals surface area contributed by atoms with Crippen molar-refractivity contribution in [1.82, 2.24) is 0 Å². The van der Waals surface area contributed by atoms with Crippen molar-refractivity contribution in [3.63, 3.8) is 0 Å². The molecule has 1 saturated heterocycles. The zero-order valence-corrected chi connectivity index (χ0v) is 6.13. The van der Waals surface area contributed by atoms with E-state index in [2.05, 4.69) is 0 Å². The Kier molecular flexibility index (Phi) is 2.83. The standard InChI is InChI=1S/C7H12O3/c1-6(8)4-10-7-2-3-9-5-7/h7H,2-5H2,1H3. The molecule has 58 valence electrons. The summed E-state index contributed by atoms with van der Waals surface area (Å²) in [5.41, 5.74) is 0. The van der Waals surface area contributed by atoms with Crippen LogP contribution >= 0.6 is 0 Å². The van der Waals surface area contributed by atoms with Gasteiger partial charge >= 0.3 is 0 Å². The molecule has 1 atom stereocenters. The molecule has 0 aromatic rings. The molecule has 1 aliphatic heterocycles. The molecule has 10 heavy (non-hydrogen) atoms. The fourth-order valence-corrected chi connectivity index (χ4v) is 0.880. The van der Waals surface area contributed by atoms with Crippen LogP contribution in [-0.2, 0) is 14.3 Å². The Morgan fingerprint density at radius 3 is 3.10 bits per heavy atom. The highest BCUT2D eigenvalue weighted by Crippen LogP contribution is 2.07. The molecule has 0 spiro atoms. The second kappa shape index (κ2) is 3.68. The molecule has 3 nitrogen and oxygen atoms in total. The summed E-state index contributed by atoms with van der Waals surface area (Å²) in [5, 5.41) is 0. The maximum Gasteiger partial charge on any atom is 0.155 e. The topological polar surface area (TPSA) is 35.5 Å². The first-order valence-corrected chi connectivity index (χ1v) is 3.48. The number of rotatable bonds is 3. The first-order chi connectivity index (χ1) is 4.79. The Hall–Kier alpha value is -0.410. The molecular weight excluding hydrogens is 132 g/mol. The fraction of sp³-hybridized carbons (Fsp3) is 0.857. The van der Waals surface area contributed by atoms with E-state index in [1.165, 1.54) is 6.92 Å². The average molecular weight is 144 g/mol. The summed E-state index contributed by atoms with van der Waals surface area (Å²) in [4.78, 5) is 10.4. The van der Waals surface area contributed by atoms with Gasteiger partial charge in [0.25, 0.3) is 0 Å². The summed E-state index contributed by atoms with van der Waals surface area (Å²) < 4.78 is 10.2. The summed E-state index contributed by atoms with van der Waals surface area (Å²) in [5.74, 6) is 0.0758. The Morgan fingerprint density at radius 2 is 2.60 bits per heavy atom. The van der Waals surface area contributed by atoms with Gasteiger partial charge in [-0.05, 0) is 13.3 Å². The van der Waals surface area contributed by atoms with Crippen LogP contribution in [0.15, 0.2) is 0 Å². The van der Waals surface area contributed by atoms with Crippen molar-refractivity contribution < 1.29 is 14.3 Å². The number of hydrogen-bond donors (Lipinski definition) is 0. The van der Waals surface area contributed by atoms with Crippen LogP contribution in [0.3, 0.4) is 0 Å². The van der Waals surface area contributed by atoms with E-state index < -0.39 is 0 Å². The lowest BCUT2D eigenvalue weighted by molar-refractivity contribution is -0.123. The van der Waals surface area contributed by atoms with E-state index in [9.17, 15) is 4.79 Å². The van der Waals surface area contributed by atoms with E-state index in [0.29, 0.717) is 6.61 Å². The fourth-order valence-electron chi connectivity index (χ4n) is 0.880. The Morgan fingerprint density at radius 1 is 1.80 bits per heavy atom. The van der Waals surface area contributed by atoms with E-state index >= 15 is 0 Å². The van der Waals surface area contributed by atoms with Crippen LogP contribution in [0, 0.1) is 0 Å². The molecule has 3 heteroatoms. The minimum Gasteiger partial charge on any atom is -0.379 e. The number of ether oxygens (including phenoxy) is 2. The molecule has 0 bridgehead atoms. The Balaban J connectivity index is 2.07. The zero-order valence-electron chi connectivity index (χ0n) is 6.13. The molecule has 0 radical (unpaired) electrons.